The van der Waals surface area contributed by atoms with Gasteiger partial charge in [-0.15, -0.1) is 0 Å². The number of aryl methyl sites for hydroxylation is 1. The molecular formula is C18H24N4O5S. The van der Waals surface area contributed by atoms with Crippen molar-refractivity contribution in [2.24, 2.45) is 0 Å². The topological polar surface area (TPSA) is 106 Å². The number of hydrogen-bond donors (Lipinski definition) is 0. The lowest BCUT2D eigenvalue weighted by molar-refractivity contribution is 0.0685. The molecule has 4 heterocycles. The number of carbonyl (C=O) groups is 1. The number of morpholine rings is 1. The standard InChI is InChI=1S/C18H24N4O5S/c1-2-16-15-10-13(11-19-17(15)27-20-16)18(23)21-5-3-4-14(12-21)28(24,25)22-6-8-26-9-7-22/h10-11,14H,2-9,12H2,1H3. The van der Waals surface area contributed by atoms with Gasteiger partial charge in [0, 0.05) is 32.4 Å². The van der Waals surface area contributed by atoms with Crippen LogP contribution in [0.2, 0.25) is 0 Å². The molecule has 0 spiro atoms. The van der Waals surface area contributed by atoms with E-state index in [2.05, 4.69) is 10.1 Å². The maximum atomic E-state index is 13.0. The first-order valence-electron chi connectivity index (χ1n) is 9.61. The Bertz CT molecular complexity index is 968. The molecule has 0 aliphatic carbocycles. The second-order valence-electron chi connectivity index (χ2n) is 7.13. The Labute approximate surface area is 163 Å². The summed E-state index contributed by atoms with van der Waals surface area (Å²) in [7, 11) is -3.45. The molecular weight excluding hydrogens is 384 g/mol. The molecule has 1 unspecified atom stereocenters. The van der Waals surface area contributed by atoms with Gasteiger partial charge in [0.05, 0.1) is 35.1 Å². The lowest BCUT2D eigenvalue weighted by atomic mass is 10.1. The maximum absolute atomic E-state index is 13.0. The smallest absolute Gasteiger partial charge is 0.257 e. The Morgan fingerprint density at radius 3 is 2.82 bits per heavy atom. The lowest BCUT2D eigenvalue weighted by Gasteiger charge is -2.36. The number of aromatic nitrogens is 2. The summed E-state index contributed by atoms with van der Waals surface area (Å²) in [4.78, 5) is 18.8. The average molecular weight is 408 g/mol. The SMILES string of the molecule is CCc1noc2ncc(C(=O)N3CCCC(S(=O)(=O)N4CCOCC4)C3)cc12. The van der Waals surface area contributed by atoms with Crippen molar-refractivity contribution in [3.8, 4) is 0 Å². The maximum Gasteiger partial charge on any atom is 0.257 e. The first-order chi connectivity index (χ1) is 13.5. The quantitative estimate of drug-likeness (QED) is 0.744. The largest absolute Gasteiger partial charge is 0.379 e. The van der Waals surface area contributed by atoms with E-state index in [9.17, 15) is 13.2 Å². The minimum atomic E-state index is -3.45. The van der Waals surface area contributed by atoms with E-state index in [1.165, 1.54) is 10.5 Å². The van der Waals surface area contributed by atoms with Gasteiger partial charge in [-0.25, -0.2) is 13.4 Å². The van der Waals surface area contributed by atoms with Gasteiger partial charge in [0.25, 0.3) is 11.6 Å². The van der Waals surface area contributed by atoms with E-state index in [4.69, 9.17) is 9.26 Å². The predicted molar refractivity (Wildman–Crippen MR) is 101 cm³/mol. The monoisotopic (exact) mass is 408 g/mol. The number of rotatable bonds is 4. The molecule has 9 nitrogen and oxygen atoms in total. The second-order valence-corrected chi connectivity index (χ2v) is 9.34. The third-order valence-corrected chi connectivity index (χ3v) is 7.71. The summed E-state index contributed by atoms with van der Waals surface area (Å²) in [6.07, 6.45) is 3.36. The van der Waals surface area contributed by atoms with Crippen LogP contribution in [0.3, 0.4) is 0 Å². The zero-order valence-electron chi connectivity index (χ0n) is 15.8. The molecule has 2 aromatic rings. The average Bonchev–Trinajstić information content (AvgIpc) is 3.16. The van der Waals surface area contributed by atoms with Gasteiger partial charge in [-0.1, -0.05) is 12.1 Å². The molecule has 1 amide bonds. The fourth-order valence-corrected chi connectivity index (χ4v) is 5.72. The summed E-state index contributed by atoms with van der Waals surface area (Å²) in [6, 6.07) is 1.74. The highest BCUT2D eigenvalue weighted by molar-refractivity contribution is 7.89. The van der Waals surface area contributed by atoms with E-state index >= 15 is 0 Å². The summed E-state index contributed by atoms with van der Waals surface area (Å²) in [5, 5.41) is 4.11. The van der Waals surface area contributed by atoms with Crippen LogP contribution in [0.25, 0.3) is 11.1 Å². The Balaban J connectivity index is 1.53. The highest BCUT2D eigenvalue weighted by Gasteiger charge is 2.37. The molecule has 0 aromatic carbocycles. The normalized spacial score (nSPS) is 21.9. The second kappa shape index (κ2) is 7.76. The number of hydrogen-bond acceptors (Lipinski definition) is 7. The van der Waals surface area contributed by atoms with E-state index in [0.717, 1.165) is 11.1 Å². The van der Waals surface area contributed by atoms with Crippen molar-refractivity contribution < 1.29 is 22.5 Å². The zero-order chi connectivity index (χ0) is 19.7. The molecule has 0 bridgehead atoms. The molecule has 10 heteroatoms. The summed E-state index contributed by atoms with van der Waals surface area (Å²) in [5.41, 5.74) is 1.58. The van der Waals surface area contributed by atoms with Crippen molar-refractivity contribution in [1.29, 1.82) is 0 Å². The molecule has 0 saturated carbocycles. The number of ether oxygens (including phenoxy) is 1. The van der Waals surface area contributed by atoms with Crippen molar-refractivity contribution in [3.05, 3.63) is 23.5 Å². The Morgan fingerprint density at radius 2 is 2.07 bits per heavy atom. The van der Waals surface area contributed by atoms with Crippen molar-refractivity contribution in [3.63, 3.8) is 0 Å². The molecule has 2 aromatic heterocycles. The number of sulfonamides is 1. The molecule has 0 N–H and O–H groups in total. The van der Waals surface area contributed by atoms with Crippen molar-refractivity contribution >= 4 is 27.0 Å². The third kappa shape index (κ3) is 3.51. The number of carbonyl (C=O) groups excluding carboxylic acids is 1. The van der Waals surface area contributed by atoms with E-state index in [1.54, 1.807) is 11.0 Å². The van der Waals surface area contributed by atoms with Gasteiger partial charge in [0.15, 0.2) is 0 Å². The number of amides is 1. The van der Waals surface area contributed by atoms with Crippen LogP contribution >= 0.6 is 0 Å². The van der Waals surface area contributed by atoms with E-state index in [0.29, 0.717) is 63.4 Å². The summed E-state index contributed by atoms with van der Waals surface area (Å²) < 4.78 is 37.9. The Morgan fingerprint density at radius 1 is 1.29 bits per heavy atom. The van der Waals surface area contributed by atoms with Crippen LogP contribution in [0.5, 0.6) is 0 Å². The van der Waals surface area contributed by atoms with Gasteiger partial charge in [-0.05, 0) is 25.3 Å². The fraction of sp³-hybridized carbons (Fsp3) is 0.611. The van der Waals surface area contributed by atoms with Gasteiger partial charge >= 0.3 is 0 Å². The van der Waals surface area contributed by atoms with Crippen molar-refractivity contribution in [2.45, 2.75) is 31.4 Å². The molecule has 1 atom stereocenters. The van der Waals surface area contributed by atoms with Crippen LogP contribution in [0.4, 0.5) is 0 Å². The summed E-state index contributed by atoms with van der Waals surface area (Å²) in [5.74, 6) is -0.209. The minimum Gasteiger partial charge on any atom is -0.379 e. The van der Waals surface area contributed by atoms with Crippen molar-refractivity contribution in [1.82, 2.24) is 19.3 Å². The first-order valence-corrected chi connectivity index (χ1v) is 11.1. The van der Waals surface area contributed by atoms with Gasteiger partial charge in [-0.3, -0.25) is 4.79 Å². The zero-order valence-corrected chi connectivity index (χ0v) is 16.7. The van der Waals surface area contributed by atoms with E-state index in [1.807, 2.05) is 6.92 Å². The third-order valence-electron chi connectivity index (χ3n) is 5.40. The van der Waals surface area contributed by atoms with Crippen LogP contribution in [-0.2, 0) is 21.2 Å². The summed E-state index contributed by atoms with van der Waals surface area (Å²) in [6.45, 7) is 4.27. The van der Waals surface area contributed by atoms with Gasteiger partial charge in [-0.2, -0.15) is 4.31 Å². The summed E-state index contributed by atoms with van der Waals surface area (Å²) >= 11 is 0. The number of fused-ring (bicyclic) bond motifs is 1. The van der Waals surface area contributed by atoms with Crippen LogP contribution in [0, 0.1) is 0 Å². The van der Waals surface area contributed by atoms with E-state index < -0.39 is 15.3 Å². The van der Waals surface area contributed by atoms with Crippen molar-refractivity contribution in [2.75, 3.05) is 39.4 Å². The molecule has 4 rings (SSSR count). The van der Waals surface area contributed by atoms with Gasteiger partial charge in [0.2, 0.25) is 10.0 Å². The molecule has 2 aliphatic heterocycles. The lowest BCUT2D eigenvalue weighted by Crippen LogP contribution is -2.51. The Hall–Kier alpha value is -2.04. The molecule has 2 saturated heterocycles. The molecule has 152 valence electrons. The molecule has 0 radical (unpaired) electrons. The number of pyridine rings is 1. The molecule has 2 aliphatic rings. The predicted octanol–water partition coefficient (Wildman–Crippen LogP) is 1.05. The number of piperidine rings is 1. The van der Waals surface area contributed by atoms with Crippen LogP contribution in [0.1, 0.15) is 35.8 Å². The van der Waals surface area contributed by atoms with Crippen LogP contribution < -0.4 is 0 Å². The highest BCUT2D eigenvalue weighted by atomic mass is 32.2. The number of nitrogens with zero attached hydrogens (tertiary/aromatic N) is 4. The van der Waals surface area contributed by atoms with Crippen LogP contribution in [-0.4, -0.2) is 78.3 Å². The fourth-order valence-electron chi connectivity index (χ4n) is 3.81. The first kappa shape index (κ1) is 19.3. The molecule has 2 fully saturated rings. The Kier molecular flexibility index (Phi) is 5.35. The number of likely N-dealkylation sites (tertiary alicyclic amines) is 1. The molecule has 28 heavy (non-hydrogen) atoms. The van der Waals surface area contributed by atoms with E-state index in [-0.39, 0.29) is 12.5 Å². The highest BCUT2D eigenvalue weighted by Crippen LogP contribution is 2.24. The minimum absolute atomic E-state index is 0.195. The van der Waals surface area contributed by atoms with Gasteiger partial charge < -0.3 is 14.2 Å². The van der Waals surface area contributed by atoms with Gasteiger partial charge in [0.1, 0.15) is 0 Å². The van der Waals surface area contributed by atoms with Crippen LogP contribution in [0.15, 0.2) is 16.8 Å².